The monoisotopic (exact) mass is 368 g/mol. The molecule has 6 nitrogen and oxygen atoms in total. The number of esters is 1. The van der Waals surface area contributed by atoms with Gasteiger partial charge in [-0.05, 0) is 38.9 Å². The van der Waals surface area contributed by atoms with Gasteiger partial charge < -0.3 is 9.16 Å². The van der Waals surface area contributed by atoms with Gasteiger partial charge in [0, 0.05) is 6.92 Å². The first-order chi connectivity index (χ1) is 11.2. The molecule has 1 rings (SSSR count). The predicted molar refractivity (Wildman–Crippen MR) is 99.8 cm³/mol. The first kappa shape index (κ1) is 21.6. The average Bonchev–Trinajstić information content (AvgIpc) is 2.83. The maximum Gasteiger partial charge on any atom is 0.312 e. The number of hydrogen-bond donors (Lipinski definition) is 0. The van der Waals surface area contributed by atoms with Crippen molar-refractivity contribution in [2.45, 2.75) is 79.9 Å². The maximum absolute atomic E-state index is 12.0. The summed E-state index contributed by atoms with van der Waals surface area (Å²) in [6, 6.07) is 0. The molecule has 0 saturated carbocycles. The van der Waals surface area contributed by atoms with Crippen LogP contribution in [0.25, 0.3) is 0 Å². The van der Waals surface area contributed by atoms with E-state index < -0.39 is 13.7 Å². The zero-order chi connectivity index (χ0) is 19.6. The molecule has 0 aliphatic carbocycles. The molecule has 0 N–H and O–H groups in total. The number of carbonyl (C=O) groups is 2. The second-order valence-corrected chi connectivity index (χ2v) is 13.7. The Balaban J connectivity index is 2.98. The highest BCUT2D eigenvalue weighted by molar-refractivity contribution is 6.74. The molecule has 1 aromatic heterocycles. The second kappa shape index (κ2) is 7.41. The number of aromatic nitrogens is 2. The molecule has 25 heavy (non-hydrogen) atoms. The van der Waals surface area contributed by atoms with Crippen molar-refractivity contribution in [2.24, 2.45) is 5.41 Å². The highest BCUT2D eigenvalue weighted by Crippen LogP contribution is 2.37. The Kier molecular flexibility index (Phi) is 6.40. The number of hydrogen-bond acceptors (Lipinski definition) is 5. The van der Waals surface area contributed by atoms with Crippen LogP contribution in [0.3, 0.4) is 0 Å². The van der Waals surface area contributed by atoms with Crippen molar-refractivity contribution in [3.63, 3.8) is 0 Å². The minimum Gasteiger partial charge on any atom is -0.443 e. The zero-order valence-corrected chi connectivity index (χ0v) is 18.0. The molecule has 142 valence electrons. The molecular formula is C18H32N2O4Si. The van der Waals surface area contributed by atoms with Gasteiger partial charge in [-0.1, -0.05) is 20.8 Å². The standard InChI is InChI=1S/C18H32N2O4Si/c1-13(21)15-19-10-14(11-24-25(8,9)18(5,6)7)20(15)12-23-16(22)17(2,3)4/h10H,11-12H2,1-9H3. The van der Waals surface area contributed by atoms with Gasteiger partial charge >= 0.3 is 5.97 Å². The molecule has 1 heterocycles. The normalized spacial score (nSPS) is 13.0. The quantitative estimate of drug-likeness (QED) is 0.428. The Morgan fingerprint density at radius 3 is 2.16 bits per heavy atom. The van der Waals surface area contributed by atoms with Crippen LogP contribution < -0.4 is 0 Å². The van der Waals surface area contributed by atoms with Crippen molar-refractivity contribution in [3.8, 4) is 0 Å². The van der Waals surface area contributed by atoms with Gasteiger partial charge in [0.05, 0.1) is 23.9 Å². The van der Waals surface area contributed by atoms with Gasteiger partial charge in [0.1, 0.15) is 0 Å². The van der Waals surface area contributed by atoms with Gasteiger partial charge in [-0.15, -0.1) is 0 Å². The van der Waals surface area contributed by atoms with Crippen molar-refractivity contribution >= 4 is 20.1 Å². The molecular weight excluding hydrogens is 336 g/mol. The van der Waals surface area contributed by atoms with Crippen LogP contribution in [0.15, 0.2) is 6.20 Å². The number of nitrogens with zero attached hydrogens (tertiary/aromatic N) is 2. The van der Waals surface area contributed by atoms with Gasteiger partial charge in [0.15, 0.2) is 26.7 Å². The maximum atomic E-state index is 12.0. The van der Waals surface area contributed by atoms with E-state index in [0.29, 0.717) is 6.61 Å². The summed E-state index contributed by atoms with van der Waals surface area (Å²) in [5.74, 6) is -0.229. The Hall–Kier alpha value is -1.47. The van der Waals surface area contributed by atoms with Gasteiger partial charge in [0.25, 0.3) is 0 Å². The lowest BCUT2D eigenvalue weighted by Crippen LogP contribution is -2.40. The van der Waals surface area contributed by atoms with E-state index in [9.17, 15) is 9.59 Å². The number of Topliss-reactive ketones (excluding diaryl/α,β-unsaturated/α-hetero) is 1. The third kappa shape index (κ3) is 5.50. The molecule has 0 aliphatic heterocycles. The molecule has 7 heteroatoms. The van der Waals surface area contributed by atoms with Crippen LogP contribution in [0.4, 0.5) is 0 Å². The lowest BCUT2D eigenvalue weighted by molar-refractivity contribution is -0.157. The fraction of sp³-hybridized carbons (Fsp3) is 0.722. The molecule has 0 amide bonds. The number of ether oxygens (including phenoxy) is 1. The summed E-state index contributed by atoms with van der Waals surface area (Å²) in [4.78, 5) is 28.0. The first-order valence-electron chi connectivity index (χ1n) is 8.53. The fourth-order valence-corrected chi connectivity index (χ4v) is 2.70. The SMILES string of the molecule is CC(=O)c1ncc(CO[Si](C)(C)C(C)(C)C)n1COC(=O)C(C)(C)C. The predicted octanol–water partition coefficient (Wildman–Crippen LogP) is 4.15. The summed E-state index contributed by atoms with van der Waals surface area (Å²) in [6.07, 6.45) is 1.62. The summed E-state index contributed by atoms with van der Waals surface area (Å²) in [6.45, 7) is 17.9. The third-order valence-corrected chi connectivity index (χ3v) is 9.06. The van der Waals surface area contributed by atoms with Crippen molar-refractivity contribution in [1.29, 1.82) is 0 Å². The van der Waals surface area contributed by atoms with E-state index in [0.717, 1.165) is 5.69 Å². The highest BCUT2D eigenvalue weighted by atomic mass is 28.4. The average molecular weight is 369 g/mol. The summed E-state index contributed by atoms with van der Waals surface area (Å²) in [7, 11) is -1.94. The minimum atomic E-state index is -1.94. The van der Waals surface area contributed by atoms with Crippen LogP contribution in [0, 0.1) is 5.41 Å². The Morgan fingerprint density at radius 1 is 1.16 bits per heavy atom. The molecule has 0 spiro atoms. The van der Waals surface area contributed by atoms with Crippen LogP contribution in [-0.4, -0.2) is 29.6 Å². The molecule has 1 aromatic rings. The topological polar surface area (TPSA) is 70.4 Å². The van der Waals surface area contributed by atoms with E-state index in [2.05, 4.69) is 38.8 Å². The van der Waals surface area contributed by atoms with Gasteiger partial charge in [-0.2, -0.15) is 0 Å². The molecule has 0 aromatic carbocycles. The van der Waals surface area contributed by atoms with Gasteiger partial charge in [-0.3, -0.25) is 14.2 Å². The summed E-state index contributed by atoms with van der Waals surface area (Å²) in [5, 5.41) is 0.0833. The molecule has 0 fully saturated rings. The first-order valence-corrected chi connectivity index (χ1v) is 11.4. The lowest BCUT2D eigenvalue weighted by atomic mass is 9.98. The molecule has 0 aliphatic rings. The van der Waals surface area contributed by atoms with Crippen LogP contribution >= 0.6 is 0 Å². The largest absolute Gasteiger partial charge is 0.443 e. The molecule has 0 radical (unpaired) electrons. The number of ketones is 1. The van der Waals surface area contributed by atoms with Gasteiger partial charge in [-0.25, -0.2) is 4.98 Å². The fourth-order valence-electron chi connectivity index (χ4n) is 1.76. The third-order valence-electron chi connectivity index (χ3n) is 4.58. The molecule has 0 saturated heterocycles. The molecule has 0 unspecified atom stereocenters. The van der Waals surface area contributed by atoms with E-state index >= 15 is 0 Å². The van der Waals surface area contributed by atoms with E-state index in [4.69, 9.17) is 9.16 Å². The zero-order valence-electron chi connectivity index (χ0n) is 17.0. The smallest absolute Gasteiger partial charge is 0.312 e. The Labute approximate surface area is 152 Å². The van der Waals surface area contributed by atoms with Crippen LogP contribution in [0.5, 0.6) is 0 Å². The van der Waals surface area contributed by atoms with Crippen molar-refractivity contribution in [3.05, 3.63) is 17.7 Å². The molecule has 0 bridgehead atoms. The van der Waals surface area contributed by atoms with E-state index in [1.165, 1.54) is 6.92 Å². The number of rotatable bonds is 6. The van der Waals surface area contributed by atoms with E-state index in [-0.39, 0.29) is 29.3 Å². The van der Waals surface area contributed by atoms with Crippen LogP contribution in [0.1, 0.15) is 64.8 Å². The highest BCUT2D eigenvalue weighted by Gasteiger charge is 2.37. The molecule has 0 atom stereocenters. The van der Waals surface area contributed by atoms with Gasteiger partial charge in [0.2, 0.25) is 0 Å². The van der Waals surface area contributed by atoms with E-state index in [1.54, 1.807) is 31.5 Å². The lowest BCUT2D eigenvalue weighted by Gasteiger charge is -2.36. The van der Waals surface area contributed by atoms with Crippen LogP contribution in [-0.2, 0) is 27.3 Å². The summed E-state index contributed by atoms with van der Waals surface area (Å²) < 4.78 is 13.2. The second-order valence-electron chi connectivity index (χ2n) is 8.92. The van der Waals surface area contributed by atoms with Crippen LogP contribution in [0.2, 0.25) is 18.1 Å². The Morgan fingerprint density at radius 2 is 1.72 bits per heavy atom. The Bertz CT molecular complexity index is 636. The minimum absolute atomic E-state index is 0.0405. The summed E-state index contributed by atoms with van der Waals surface area (Å²) >= 11 is 0. The number of imidazole rings is 1. The van der Waals surface area contributed by atoms with E-state index in [1.807, 2.05) is 0 Å². The number of carbonyl (C=O) groups excluding carboxylic acids is 2. The van der Waals surface area contributed by atoms with Crippen molar-refractivity contribution in [1.82, 2.24) is 9.55 Å². The van der Waals surface area contributed by atoms with Crippen molar-refractivity contribution < 1.29 is 18.8 Å². The van der Waals surface area contributed by atoms with Crippen molar-refractivity contribution in [2.75, 3.05) is 0 Å². The summed E-state index contributed by atoms with van der Waals surface area (Å²) in [5.41, 5.74) is 0.131.